The molecule has 1 atom stereocenters. The highest BCUT2D eigenvalue weighted by atomic mass is 15.1. The second-order valence-corrected chi connectivity index (χ2v) is 5.20. The minimum atomic E-state index is 0.304. The molecule has 0 saturated heterocycles. The Morgan fingerprint density at radius 3 is 2.86 bits per heavy atom. The summed E-state index contributed by atoms with van der Waals surface area (Å²) in [6.45, 7) is 2.13. The van der Waals surface area contributed by atoms with E-state index in [9.17, 15) is 0 Å². The SMILES string of the molecule is CC(CCC#Cc1ccccn1)Nc1nc2ccccc2[nH]1. The molecule has 3 aromatic rings. The number of anilines is 1. The Morgan fingerprint density at radius 2 is 2.05 bits per heavy atom. The number of hydrogen-bond acceptors (Lipinski definition) is 3. The fraction of sp³-hybridized carbons (Fsp3) is 0.222. The van der Waals surface area contributed by atoms with Crippen LogP contribution in [0.1, 0.15) is 25.5 Å². The summed E-state index contributed by atoms with van der Waals surface area (Å²) in [4.78, 5) is 12.0. The first-order chi connectivity index (χ1) is 10.8. The molecule has 0 amide bonds. The summed E-state index contributed by atoms with van der Waals surface area (Å²) >= 11 is 0. The largest absolute Gasteiger partial charge is 0.353 e. The van der Waals surface area contributed by atoms with Crippen molar-refractivity contribution in [3.63, 3.8) is 0 Å². The number of nitrogens with zero attached hydrogens (tertiary/aromatic N) is 2. The number of benzene rings is 1. The van der Waals surface area contributed by atoms with Crippen LogP contribution in [0, 0.1) is 11.8 Å². The summed E-state index contributed by atoms with van der Waals surface area (Å²) < 4.78 is 0. The smallest absolute Gasteiger partial charge is 0.201 e. The number of pyridine rings is 1. The Bertz CT molecular complexity index is 763. The molecule has 0 saturated carbocycles. The molecule has 0 radical (unpaired) electrons. The van der Waals surface area contributed by atoms with E-state index in [1.54, 1.807) is 6.20 Å². The number of hydrogen-bond donors (Lipinski definition) is 2. The van der Waals surface area contributed by atoms with Gasteiger partial charge in [-0.05, 0) is 43.5 Å². The quantitative estimate of drug-likeness (QED) is 0.722. The number of fused-ring (bicyclic) bond motifs is 1. The van der Waals surface area contributed by atoms with Crippen molar-refractivity contribution in [3.8, 4) is 11.8 Å². The van der Waals surface area contributed by atoms with Gasteiger partial charge in [-0.1, -0.05) is 24.1 Å². The van der Waals surface area contributed by atoms with Gasteiger partial charge in [0, 0.05) is 18.7 Å². The van der Waals surface area contributed by atoms with Gasteiger partial charge in [0.05, 0.1) is 11.0 Å². The number of para-hydroxylation sites is 2. The summed E-state index contributed by atoms with van der Waals surface area (Å²) in [5, 5.41) is 3.38. The van der Waals surface area contributed by atoms with Crippen LogP contribution in [0.2, 0.25) is 0 Å². The van der Waals surface area contributed by atoms with Gasteiger partial charge in [0.15, 0.2) is 0 Å². The molecule has 0 bridgehead atoms. The van der Waals surface area contributed by atoms with Crippen molar-refractivity contribution in [2.45, 2.75) is 25.8 Å². The van der Waals surface area contributed by atoms with E-state index in [1.807, 2.05) is 42.5 Å². The van der Waals surface area contributed by atoms with Crippen LogP contribution in [0.15, 0.2) is 48.7 Å². The lowest BCUT2D eigenvalue weighted by molar-refractivity contribution is 0.720. The Kier molecular flexibility index (Phi) is 4.35. The molecule has 0 aliphatic rings. The minimum absolute atomic E-state index is 0.304. The molecule has 110 valence electrons. The summed E-state index contributed by atoms with van der Waals surface area (Å²) in [6.07, 6.45) is 3.54. The maximum Gasteiger partial charge on any atom is 0.201 e. The van der Waals surface area contributed by atoms with Crippen molar-refractivity contribution in [1.29, 1.82) is 0 Å². The van der Waals surface area contributed by atoms with Gasteiger partial charge in [0.25, 0.3) is 0 Å². The Hall–Kier alpha value is -2.80. The van der Waals surface area contributed by atoms with E-state index in [0.29, 0.717) is 6.04 Å². The highest BCUT2D eigenvalue weighted by molar-refractivity contribution is 5.77. The number of nitrogens with one attached hydrogen (secondary N) is 2. The molecular weight excluding hydrogens is 272 g/mol. The van der Waals surface area contributed by atoms with Crippen LogP contribution in [0.25, 0.3) is 11.0 Å². The molecule has 4 nitrogen and oxygen atoms in total. The third-order valence-corrected chi connectivity index (χ3v) is 3.36. The van der Waals surface area contributed by atoms with Crippen molar-refractivity contribution >= 4 is 17.0 Å². The van der Waals surface area contributed by atoms with E-state index >= 15 is 0 Å². The molecule has 2 aromatic heterocycles. The zero-order valence-electron chi connectivity index (χ0n) is 12.5. The molecule has 1 unspecified atom stereocenters. The Labute approximate surface area is 130 Å². The predicted octanol–water partition coefficient (Wildman–Crippen LogP) is 3.59. The number of aromatic amines is 1. The van der Waals surface area contributed by atoms with E-state index in [1.165, 1.54) is 0 Å². The van der Waals surface area contributed by atoms with Crippen LogP contribution in [0.3, 0.4) is 0 Å². The summed E-state index contributed by atoms with van der Waals surface area (Å²) in [5.74, 6) is 7.05. The number of imidazole rings is 1. The van der Waals surface area contributed by atoms with Gasteiger partial charge in [-0.15, -0.1) is 0 Å². The monoisotopic (exact) mass is 290 g/mol. The molecule has 0 fully saturated rings. The van der Waals surface area contributed by atoms with E-state index in [2.05, 4.69) is 39.0 Å². The first kappa shape index (κ1) is 14.2. The molecule has 22 heavy (non-hydrogen) atoms. The minimum Gasteiger partial charge on any atom is -0.353 e. The number of aromatic nitrogens is 3. The summed E-state index contributed by atoms with van der Waals surface area (Å²) in [5.41, 5.74) is 2.85. The molecule has 2 N–H and O–H groups in total. The third kappa shape index (κ3) is 3.64. The Balaban J connectivity index is 1.52. The van der Waals surface area contributed by atoms with Crippen LogP contribution in [-0.2, 0) is 0 Å². The van der Waals surface area contributed by atoms with Crippen LogP contribution in [0.5, 0.6) is 0 Å². The molecule has 0 aliphatic heterocycles. The van der Waals surface area contributed by atoms with Gasteiger partial charge < -0.3 is 10.3 Å². The molecule has 2 heterocycles. The molecule has 3 rings (SSSR count). The van der Waals surface area contributed by atoms with Crippen LogP contribution in [-0.4, -0.2) is 21.0 Å². The lowest BCUT2D eigenvalue weighted by Crippen LogP contribution is -2.15. The second-order valence-electron chi connectivity index (χ2n) is 5.20. The average Bonchev–Trinajstić information content (AvgIpc) is 2.94. The van der Waals surface area contributed by atoms with Crippen LogP contribution < -0.4 is 5.32 Å². The van der Waals surface area contributed by atoms with Crippen LogP contribution in [0.4, 0.5) is 5.95 Å². The first-order valence-corrected chi connectivity index (χ1v) is 7.42. The van der Waals surface area contributed by atoms with Crippen molar-refractivity contribution in [2.75, 3.05) is 5.32 Å². The van der Waals surface area contributed by atoms with Crippen molar-refractivity contribution in [2.24, 2.45) is 0 Å². The van der Waals surface area contributed by atoms with Gasteiger partial charge in [-0.2, -0.15) is 0 Å². The topological polar surface area (TPSA) is 53.6 Å². The van der Waals surface area contributed by atoms with Crippen LogP contribution >= 0.6 is 0 Å². The fourth-order valence-corrected chi connectivity index (χ4v) is 2.21. The predicted molar refractivity (Wildman–Crippen MR) is 89.5 cm³/mol. The van der Waals surface area contributed by atoms with Gasteiger partial charge in [0.1, 0.15) is 5.69 Å². The average molecular weight is 290 g/mol. The zero-order chi connectivity index (χ0) is 15.2. The van der Waals surface area contributed by atoms with Crippen molar-refractivity contribution < 1.29 is 0 Å². The van der Waals surface area contributed by atoms with Gasteiger partial charge in [-0.25, -0.2) is 9.97 Å². The second kappa shape index (κ2) is 6.77. The molecule has 4 heteroatoms. The van der Waals surface area contributed by atoms with E-state index in [-0.39, 0.29) is 0 Å². The third-order valence-electron chi connectivity index (χ3n) is 3.36. The molecule has 1 aromatic carbocycles. The molecular formula is C18H18N4. The summed E-state index contributed by atoms with van der Waals surface area (Å²) in [6, 6.07) is 14.1. The molecule has 0 aliphatic carbocycles. The van der Waals surface area contributed by atoms with E-state index in [0.717, 1.165) is 35.5 Å². The van der Waals surface area contributed by atoms with E-state index < -0.39 is 0 Å². The van der Waals surface area contributed by atoms with Crippen molar-refractivity contribution in [3.05, 3.63) is 54.4 Å². The maximum atomic E-state index is 4.52. The fourth-order valence-electron chi connectivity index (χ4n) is 2.21. The zero-order valence-corrected chi connectivity index (χ0v) is 12.5. The highest BCUT2D eigenvalue weighted by Crippen LogP contribution is 2.14. The lowest BCUT2D eigenvalue weighted by Gasteiger charge is -2.10. The van der Waals surface area contributed by atoms with Gasteiger partial charge in [0.2, 0.25) is 5.95 Å². The number of rotatable bonds is 4. The van der Waals surface area contributed by atoms with Crippen molar-refractivity contribution in [1.82, 2.24) is 15.0 Å². The maximum absolute atomic E-state index is 4.52. The first-order valence-electron chi connectivity index (χ1n) is 7.42. The number of H-pyrrole nitrogens is 1. The summed E-state index contributed by atoms with van der Waals surface area (Å²) in [7, 11) is 0. The normalized spacial score (nSPS) is 11.7. The standard InChI is InChI=1S/C18H18N4/c1-14(8-2-3-9-15-10-6-7-13-19-15)20-18-21-16-11-4-5-12-17(16)22-18/h4-7,10-14H,2,8H2,1H3,(H2,20,21,22). The van der Waals surface area contributed by atoms with E-state index in [4.69, 9.17) is 0 Å². The molecule has 0 spiro atoms. The lowest BCUT2D eigenvalue weighted by atomic mass is 10.2. The highest BCUT2D eigenvalue weighted by Gasteiger charge is 2.05. The van der Waals surface area contributed by atoms with Gasteiger partial charge in [-0.3, -0.25) is 0 Å². The van der Waals surface area contributed by atoms with Gasteiger partial charge >= 0.3 is 0 Å². The Morgan fingerprint density at radius 1 is 1.18 bits per heavy atom.